The fourth-order valence-corrected chi connectivity index (χ4v) is 11.8. The fraction of sp³-hybridized carbons (Fsp3) is 0.0308. The van der Waals surface area contributed by atoms with Crippen LogP contribution >= 0.6 is 0 Å². The van der Waals surface area contributed by atoms with Crippen LogP contribution in [0.2, 0.25) is 0 Å². The number of aliphatic imine (C=N–C) groups is 1. The average Bonchev–Trinajstić information content (AvgIpc) is 3.97. The van der Waals surface area contributed by atoms with Crippen molar-refractivity contribution < 1.29 is 0 Å². The maximum atomic E-state index is 5.34. The Labute approximate surface area is 406 Å². The van der Waals surface area contributed by atoms with Gasteiger partial charge in [0, 0.05) is 29.2 Å². The quantitative estimate of drug-likeness (QED) is 0.177. The van der Waals surface area contributed by atoms with Gasteiger partial charge < -0.3 is 4.90 Å². The van der Waals surface area contributed by atoms with Gasteiger partial charge in [0.05, 0.1) is 34.8 Å². The molecule has 2 aromatic heterocycles. The summed E-state index contributed by atoms with van der Waals surface area (Å²) in [5.41, 5.74) is 26.4. The van der Waals surface area contributed by atoms with Gasteiger partial charge in [0.1, 0.15) is 0 Å². The van der Waals surface area contributed by atoms with Gasteiger partial charge in [0.2, 0.25) is 5.96 Å². The van der Waals surface area contributed by atoms with Crippen LogP contribution in [0, 0.1) is 0 Å². The second-order valence-corrected chi connectivity index (χ2v) is 18.6. The Morgan fingerprint density at radius 3 is 1.39 bits per heavy atom. The molecule has 8 aromatic carbocycles. The van der Waals surface area contributed by atoms with E-state index in [1.165, 1.54) is 61.3 Å². The highest BCUT2D eigenvalue weighted by Gasteiger charge is 2.45. The zero-order valence-electron chi connectivity index (χ0n) is 37.9. The summed E-state index contributed by atoms with van der Waals surface area (Å²) >= 11 is 0. The largest absolute Gasteiger partial charge is 0.300 e. The van der Waals surface area contributed by atoms with Crippen LogP contribution in [0.1, 0.15) is 0 Å². The van der Waals surface area contributed by atoms with E-state index in [0.717, 1.165) is 73.2 Å². The highest BCUT2D eigenvalue weighted by molar-refractivity contribution is 6.22. The molecule has 0 radical (unpaired) electrons. The first-order valence-corrected chi connectivity index (χ1v) is 24.1. The Balaban J connectivity index is 0.867. The van der Waals surface area contributed by atoms with E-state index in [9.17, 15) is 0 Å². The topological polar surface area (TPSA) is 44.6 Å². The second-order valence-electron chi connectivity index (χ2n) is 18.6. The van der Waals surface area contributed by atoms with E-state index in [4.69, 9.17) is 15.0 Å². The summed E-state index contributed by atoms with van der Waals surface area (Å²) in [7, 11) is 0. The summed E-state index contributed by atoms with van der Waals surface area (Å²) in [5.74, 6) is 0.973. The first-order chi connectivity index (χ1) is 34.7. The number of benzene rings is 8. The Morgan fingerprint density at radius 1 is 0.329 bits per heavy atom. The molecule has 5 nitrogen and oxygen atoms in total. The summed E-state index contributed by atoms with van der Waals surface area (Å²) in [5, 5.41) is 0. The molecular weight excluding hydrogens is 851 g/mol. The third-order valence-electron chi connectivity index (χ3n) is 14.9. The van der Waals surface area contributed by atoms with Crippen molar-refractivity contribution in [2.75, 3.05) is 9.80 Å². The summed E-state index contributed by atoms with van der Waals surface area (Å²) in [6, 6.07) is 73.8. The molecule has 5 aliphatic rings. The molecule has 0 saturated heterocycles. The number of nitrogens with zero attached hydrogens (tertiary/aromatic N) is 5. The van der Waals surface area contributed by atoms with Gasteiger partial charge in [0.25, 0.3) is 0 Å². The van der Waals surface area contributed by atoms with Gasteiger partial charge in [-0.15, -0.1) is 0 Å². The summed E-state index contributed by atoms with van der Waals surface area (Å²) in [6.45, 7) is 0. The maximum Gasteiger partial charge on any atom is 0.211 e. The normalized spacial score (nSPS) is 15.9. The van der Waals surface area contributed by atoms with Gasteiger partial charge in [-0.2, -0.15) is 0 Å². The molecule has 0 spiro atoms. The highest BCUT2D eigenvalue weighted by Crippen LogP contribution is 2.53. The molecule has 2 aliphatic heterocycles. The van der Waals surface area contributed by atoms with E-state index >= 15 is 0 Å². The number of aromatic nitrogens is 2. The van der Waals surface area contributed by atoms with Gasteiger partial charge in [0.15, 0.2) is 0 Å². The minimum Gasteiger partial charge on any atom is -0.300 e. The molecule has 0 amide bonds. The highest BCUT2D eigenvalue weighted by atomic mass is 15.5. The van der Waals surface area contributed by atoms with Gasteiger partial charge in [-0.25, -0.2) is 4.99 Å². The van der Waals surface area contributed by atoms with Gasteiger partial charge in [-0.1, -0.05) is 170 Å². The Bertz CT molecular complexity index is 3940. The third kappa shape index (κ3) is 5.75. The van der Waals surface area contributed by atoms with E-state index < -0.39 is 0 Å². The number of hydrogen-bond donors (Lipinski definition) is 0. The van der Waals surface area contributed by atoms with Crippen LogP contribution in [0.5, 0.6) is 0 Å². The predicted octanol–water partition coefficient (Wildman–Crippen LogP) is 16.0. The van der Waals surface area contributed by atoms with Crippen LogP contribution in [0.3, 0.4) is 0 Å². The Hall–Kier alpha value is -9.19. The lowest BCUT2D eigenvalue weighted by Crippen LogP contribution is -2.39. The van der Waals surface area contributed by atoms with Crippen molar-refractivity contribution in [3.05, 3.63) is 237 Å². The summed E-state index contributed by atoms with van der Waals surface area (Å²) < 4.78 is 0. The van der Waals surface area contributed by atoms with Gasteiger partial charge in [-0.3, -0.25) is 14.9 Å². The van der Waals surface area contributed by atoms with Crippen molar-refractivity contribution in [3.63, 3.8) is 0 Å². The molecule has 10 aromatic rings. The van der Waals surface area contributed by atoms with E-state index in [1.54, 1.807) is 0 Å². The van der Waals surface area contributed by atoms with Crippen LogP contribution in [0.25, 0.3) is 112 Å². The van der Waals surface area contributed by atoms with Crippen LogP contribution in [-0.2, 0) is 0 Å². The molecule has 2 atom stereocenters. The number of para-hydroxylation sites is 2. The summed E-state index contributed by atoms with van der Waals surface area (Å²) in [4.78, 5) is 20.0. The Morgan fingerprint density at radius 2 is 0.771 bits per heavy atom. The zero-order valence-corrected chi connectivity index (χ0v) is 37.9. The van der Waals surface area contributed by atoms with Crippen LogP contribution < -0.4 is 9.80 Å². The smallest absolute Gasteiger partial charge is 0.211 e. The number of rotatable bonds is 3. The van der Waals surface area contributed by atoms with Crippen molar-refractivity contribution in [2.45, 2.75) is 12.1 Å². The molecule has 0 N–H and O–H groups in total. The minimum absolute atomic E-state index is 0.0798. The number of allylic oxidation sites excluding steroid dienone is 2. The van der Waals surface area contributed by atoms with E-state index in [-0.39, 0.29) is 12.1 Å². The lowest BCUT2D eigenvalue weighted by Gasteiger charge is -2.26. The van der Waals surface area contributed by atoms with Crippen molar-refractivity contribution in [2.24, 2.45) is 4.99 Å². The molecule has 4 heterocycles. The SMILES string of the molecule is C1=CC2N=C3N(c4ccc5c(c4)-c4ccccc4-c4ccccc4-c4cc(-c6cccc(-c7ccc8c(c7)-c7cccnc7-c7ncccc7-c7ccccc7-8)c6)ccc4-5)c4ccccc4N3C2C=C1. The van der Waals surface area contributed by atoms with Gasteiger partial charge in [-0.05, 0) is 144 Å². The van der Waals surface area contributed by atoms with E-state index in [1.807, 2.05) is 24.5 Å². The van der Waals surface area contributed by atoms with E-state index in [2.05, 4.69) is 222 Å². The lowest BCUT2D eigenvalue weighted by molar-refractivity contribution is 0.741. The fourth-order valence-electron chi connectivity index (χ4n) is 11.8. The molecule has 70 heavy (non-hydrogen) atoms. The van der Waals surface area contributed by atoms with Crippen molar-refractivity contribution in [1.82, 2.24) is 9.97 Å². The number of fused-ring (bicyclic) bond motifs is 21. The average molecular weight is 892 g/mol. The summed E-state index contributed by atoms with van der Waals surface area (Å²) in [6.07, 6.45) is 12.5. The van der Waals surface area contributed by atoms with Crippen LogP contribution in [0.15, 0.2) is 242 Å². The molecule has 2 unspecified atom stereocenters. The molecule has 326 valence electrons. The first kappa shape index (κ1) is 38.9. The maximum absolute atomic E-state index is 5.34. The predicted molar refractivity (Wildman–Crippen MR) is 288 cm³/mol. The van der Waals surface area contributed by atoms with Crippen LogP contribution in [0.4, 0.5) is 17.1 Å². The molecule has 0 saturated carbocycles. The van der Waals surface area contributed by atoms with Gasteiger partial charge >= 0.3 is 0 Å². The molecule has 15 rings (SSSR count). The Kier molecular flexibility index (Phi) is 8.42. The zero-order chi connectivity index (χ0) is 45.9. The second kappa shape index (κ2) is 15.2. The monoisotopic (exact) mass is 891 g/mol. The molecule has 5 heteroatoms. The van der Waals surface area contributed by atoms with Crippen molar-refractivity contribution in [1.29, 1.82) is 0 Å². The van der Waals surface area contributed by atoms with Crippen molar-refractivity contribution >= 4 is 23.0 Å². The molecular formula is C65H41N5. The van der Waals surface area contributed by atoms with Crippen LogP contribution in [-0.4, -0.2) is 28.0 Å². The van der Waals surface area contributed by atoms with Crippen molar-refractivity contribution in [3.8, 4) is 112 Å². The number of guanidine groups is 1. The molecule has 0 bridgehead atoms. The third-order valence-corrected chi connectivity index (χ3v) is 14.9. The molecule has 3 aliphatic carbocycles. The molecule has 0 fully saturated rings. The first-order valence-electron chi connectivity index (χ1n) is 24.1. The number of hydrogen-bond acceptors (Lipinski definition) is 5. The number of anilines is 3. The minimum atomic E-state index is 0.0798. The standard InChI is InChI=1S/C65H41N5/c1-4-19-48-47(18-1)51-31-28-43(38-57(51)55-23-13-35-67-64(55)63-54(48)22-12-34-66-63)41-15-11-14-40(36-41)42-29-32-52-53-33-30-44(69-61-26-9-10-27-62(61)70-60-25-8-7-24-59(60)68-65(69)70)39-58(53)50-21-6-3-17-46(50)45-16-2-5-20-49(45)56(52)37-42/h1-39,59-60H. The number of pyridine rings is 2. The van der Waals surface area contributed by atoms with E-state index in [0.29, 0.717) is 0 Å². The lowest BCUT2D eigenvalue weighted by atomic mass is 9.80.